The van der Waals surface area contributed by atoms with Crippen LogP contribution in [-0.2, 0) is 19.4 Å². The van der Waals surface area contributed by atoms with Crippen LogP contribution < -0.4 is 11.1 Å². The molecule has 0 spiro atoms. The van der Waals surface area contributed by atoms with Crippen LogP contribution in [0, 0.1) is 0 Å². The van der Waals surface area contributed by atoms with Crippen molar-refractivity contribution in [2.24, 2.45) is 0 Å². The largest absolute Gasteiger partial charge is 0.399 e. The van der Waals surface area contributed by atoms with Gasteiger partial charge in [0.25, 0.3) is 5.91 Å². The lowest BCUT2D eigenvalue weighted by Gasteiger charge is -2.04. The highest BCUT2D eigenvalue weighted by Crippen LogP contribution is 2.30. The third-order valence-electron chi connectivity index (χ3n) is 3.37. The van der Waals surface area contributed by atoms with E-state index in [2.05, 4.69) is 5.32 Å². The number of hydrogen-bond acceptors (Lipinski definition) is 3. The molecule has 1 aliphatic carbocycles. The summed E-state index contributed by atoms with van der Waals surface area (Å²) in [5.41, 5.74) is 8.82. The molecule has 1 aromatic heterocycles. The number of anilines is 1. The molecular formula is C15H16N2OS. The number of carbonyl (C=O) groups is 1. The maximum Gasteiger partial charge on any atom is 0.261 e. The fourth-order valence-electron chi connectivity index (χ4n) is 2.41. The summed E-state index contributed by atoms with van der Waals surface area (Å²) in [6.07, 6.45) is 3.48. The molecule has 3 N–H and O–H groups in total. The first-order valence-electron chi connectivity index (χ1n) is 6.46. The molecule has 0 atom stereocenters. The number of nitrogens with one attached hydrogen (secondary N) is 1. The third-order valence-corrected chi connectivity index (χ3v) is 4.61. The highest BCUT2D eigenvalue weighted by molar-refractivity contribution is 7.14. The van der Waals surface area contributed by atoms with Crippen molar-refractivity contribution in [1.29, 1.82) is 0 Å². The predicted octanol–water partition coefficient (Wildman–Crippen LogP) is 2.75. The van der Waals surface area contributed by atoms with Crippen molar-refractivity contribution < 1.29 is 4.79 Å². The van der Waals surface area contributed by atoms with Gasteiger partial charge in [0.15, 0.2) is 0 Å². The smallest absolute Gasteiger partial charge is 0.261 e. The number of nitrogens with two attached hydrogens (primary N) is 1. The lowest BCUT2D eigenvalue weighted by Crippen LogP contribution is -2.21. The van der Waals surface area contributed by atoms with E-state index in [1.54, 1.807) is 11.3 Å². The van der Waals surface area contributed by atoms with Crippen molar-refractivity contribution in [3.8, 4) is 0 Å². The van der Waals surface area contributed by atoms with Gasteiger partial charge in [-0.05, 0) is 48.6 Å². The lowest BCUT2D eigenvalue weighted by atomic mass is 10.2. The molecule has 0 fully saturated rings. The Morgan fingerprint density at radius 2 is 2.21 bits per heavy atom. The molecule has 3 rings (SSSR count). The van der Waals surface area contributed by atoms with E-state index >= 15 is 0 Å². The summed E-state index contributed by atoms with van der Waals surface area (Å²) < 4.78 is 0. The maximum absolute atomic E-state index is 12.1. The van der Waals surface area contributed by atoms with Crippen LogP contribution in [0.2, 0.25) is 0 Å². The summed E-state index contributed by atoms with van der Waals surface area (Å²) in [4.78, 5) is 14.3. The molecule has 98 valence electrons. The number of hydrogen-bond donors (Lipinski definition) is 2. The summed E-state index contributed by atoms with van der Waals surface area (Å²) in [5.74, 6) is 0.0156. The van der Waals surface area contributed by atoms with Crippen LogP contribution in [0.25, 0.3) is 0 Å². The van der Waals surface area contributed by atoms with Crippen molar-refractivity contribution in [2.75, 3.05) is 5.73 Å². The van der Waals surface area contributed by atoms with E-state index in [0.717, 1.165) is 29.0 Å². The second-order valence-electron chi connectivity index (χ2n) is 4.84. The molecule has 1 aliphatic rings. The zero-order valence-electron chi connectivity index (χ0n) is 10.6. The van der Waals surface area contributed by atoms with Crippen LogP contribution in [0.3, 0.4) is 0 Å². The molecule has 19 heavy (non-hydrogen) atoms. The first-order chi connectivity index (χ1) is 9.22. The molecule has 1 heterocycles. The standard InChI is InChI=1S/C15H16N2OS/c16-12-5-1-3-10(7-12)9-17-15(18)14-8-11-4-2-6-13(11)19-14/h1,3,5,7-8H,2,4,6,9,16H2,(H,17,18). The van der Waals surface area contributed by atoms with Gasteiger partial charge in [0.2, 0.25) is 0 Å². The van der Waals surface area contributed by atoms with Crippen LogP contribution in [-0.4, -0.2) is 5.91 Å². The van der Waals surface area contributed by atoms with E-state index in [0.29, 0.717) is 6.54 Å². The highest BCUT2D eigenvalue weighted by atomic mass is 32.1. The average Bonchev–Trinajstić information content (AvgIpc) is 2.96. The van der Waals surface area contributed by atoms with Gasteiger partial charge in [-0.1, -0.05) is 12.1 Å². The van der Waals surface area contributed by atoms with Gasteiger partial charge < -0.3 is 11.1 Å². The van der Waals surface area contributed by atoms with Crippen molar-refractivity contribution in [2.45, 2.75) is 25.8 Å². The van der Waals surface area contributed by atoms with Crippen molar-refractivity contribution in [3.05, 3.63) is 51.2 Å². The van der Waals surface area contributed by atoms with Gasteiger partial charge in [-0.15, -0.1) is 11.3 Å². The Morgan fingerprint density at radius 1 is 1.32 bits per heavy atom. The molecule has 0 radical (unpaired) electrons. The molecule has 1 aromatic carbocycles. The van der Waals surface area contributed by atoms with Crippen LogP contribution >= 0.6 is 11.3 Å². The molecule has 0 saturated carbocycles. The van der Waals surface area contributed by atoms with Gasteiger partial charge in [0.05, 0.1) is 4.88 Å². The average molecular weight is 272 g/mol. The number of aryl methyl sites for hydroxylation is 2. The lowest BCUT2D eigenvalue weighted by molar-refractivity contribution is 0.0955. The number of rotatable bonds is 3. The molecule has 1 amide bonds. The molecule has 3 nitrogen and oxygen atoms in total. The Balaban J connectivity index is 1.65. The Morgan fingerprint density at radius 3 is 3.00 bits per heavy atom. The number of benzene rings is 1. The summed E-state index contributed by atoms with van der Waals surface area (Å²) in [6, 6.07) is 9.63. The first-order valence-corrected chi connectivity index (χ1v) is 7.28. The first kappa shape index (κ1) is 12.2. The Labute approximate surface area is 116 Å². The van der Waals surface area contributed by atoms with Gasteiger partial charge in [0.1, 0.15) is 0 Å². The van der Waals surface area contributed by atoms with E-state index in [-0.39, 0.29) is 5.91 Å². The second kappa shape index (κ2) is 5.05. The molecule has 2 aromatic rings. The predicted molar refractivity (Wildman–Crippen MR) is 78.4 cm³/mol. The SMILES string of the molecule is Nc1cccc(CNC(=O)c2cc3c(s2)CCC3)c1. The van der Waals surface area contributed by atoms with E-state index < -0.39 is 0 Å². The van der Waals surface area contributed by atoms with Gasteiger partial charge >= 0.3 is 0 Å². The zero-order valence-corrected chi connectivity index (χ0v) is 11.4. The minimum Gasteiger partial charge on any atom is -0.399 e. The molecule has 0 unspecified atom stereocenters. The quantitative estimate of drug-likeness (QED) is 0.844. The van der Waals surface area contributed by atoms with Crippen LogP contribution in [0.5, 0.6) is 0 Å². The summed E-state index contributed by atoms with van der Waals surface area (Å²) in [6.45, 7) is 0.520. The number of nitrogen functional groups attached to an aromatic ring is 1. The summed E-state index contributed by atoms with van der Waals surface area (Å²) in [5, 5.41) is 2.95. The van der Waals surface area contributed by atoms with Crippen molar-refractivity contribution in [1.82, 2.24) is 5.32 Å². The van der Waals surface area contributed by atoms with E-state index in [9.17, 15) is 4.79 Å². The Kier molecular flexibility index (Phi) is 3.25. The van der Waals surface area contributed by atoms with Gasteiger partial charge in [0, 0.05) is 17.1 Å². The fraction of sp³-hybridized carbons (Fsp3) is 0.267. The van der Waals surface area contributed by atoms with Crippen molar-refractivity contribution in [3.63, 3.8) is 0 Å². The van der Waals surface area contributed by atoms with Gasteiger partial charge in [-0.3, -0.25) is 4.79 Å². The molecule has 0 aliphatic heterocycles. The van der Waals surface area contributed by atoms with Crippen LogP contribution in [0.15, 0.2) is 30.3 Å². The fourth-order valence-corrected chi connectivity index (χ4v) is 3.58. The third kappa shape index (κ3) is 2.63. The highest BCUT2D eigenvalue weighted by Gasteiger charge is 2.18. The maximum atomic E-state index is 12.1. The van der Waals surface area contributed by atoms with E-state index in [4.69, 9.17) is 5.73 Å². The molecule has 0 saturated heterocycles. The number of carbonyl (C=O) groups excluding carboxylic acids is 1. The topological polar surface area (TPSA) is 55.1 Å². The minimum atomic E-state index is 0.0156. The molecular weight excluding hydrogens is 256 g/mol. The van der Waals surface area contributed by atoms with E-state index in [1.807, 2.05) is 30.3 Å². The Hall–Kier alpha value is -1.81. The molecule has 4 heteroatoms. The summed E-state index contributed by atoms with van der Waals surface area (Å²) >= 11 is 1.63. The second-order valence-corrected chi connectivity index (χ2v) is 5.98. The minimum absolute atomic E-state index is 0.0156. The van der Waals surface area contributed by atoms with Gasteiger partial charge in [-0.2, -0.15) is 0 Å². The molecule has 0 bridgehead atoms. The van der Waals surface area contributed by atoms with Gasteiger partial charge in [-0.25, -0.2) is 0 Å². The summed E-state index contributed by atoms with van der Waals surface area (Å²) in [7, 11) is 0. The number of fused-ring (bicyclic) bond motifs is 1. The van der Waals surface area contributed by atoms with Crippen molar-refractivity contribution >= 4 is 22.9 Å². The van der Waals surface area contributed by atoms with Crippen LogP contribution in [0.1, 0.15) is 32.1 Å². The number of amides is 1. The zero-order chi connectivity index (χ0) is 13.2. The normalized spacial score (nSPS) is 13.3. The van der Waals surface area contributed by atoms with E-state index in [1.165, 1.54) is 16.9 Å². The number of thiophene rings is 1. The van der Waals surface area contributed by atoms with Crippen LogP contribution in [0.4, 0.5) is 5.69 Å². The Bertz CT molecular complexity index is 597. The monoisotopic (exact) mass is 272 g/mol.